The molecule has 0 bridgehead atoms. The van der Waals surface area contributed by atoms with E-state index in [1.807, 2.05) is 12.3 Å². The van der Waals surface area contributed by atoms with Gasteiger partial charge in [-0.05, 0) is 57.3 Å². The third kappa shape index (κ3) is 3.26. The first kappa shape index (κ1) is 15.1. The summed E-state index contributed by atoms with van der Waals surface area (Å²) in [5.74, 6) is 1.08. The average Bonchev–Trinajstić information content (AvgIpc) is 3.00. The van der Waals surface area contributed by atoms with Gasteiger partial charge in [0.2, 0.25) is 0 Å². The summed E-state index contributed by atoms with van der Waals surface area (Å²) in [6.07, 6.45) is 9.53. The van der Waals surface area contributed by atoms with Gasteiger partial charge in [-0.3, -0.25) is 0 Å². The standard InChI is InChI=1S/C18H26N4O/c1-3-10-21(11-4-1)12-13-22-17-15(7-6-9-19-17)20-18(22)16-8-2-5-14-23-16/h6-7,9,16H,1-5,8,10-14H2. The van der Waals surface area contributed by atoms with Crippen LogP contribution < -0.4 is 0 Å². The smallest absolute Gasteiger partial charge is 0.160 e. The highest BCUT2D eigenvalue weighted by molar-refractivity contribution is 5.71. The molecule has 0 amide bonds. The second-order valence-corrected chi connectivity index (χ2v) is 6.73. The zero-order chi connectivity index (χ0) is 15.5. The van der Waals surface area contributed by atoms with Gasteiger partial charge in [0, 0.05) is 25.9 Å². The number of hydrogen-bond acceptors (Lipinski definition) is 4. The molecule has 2 aromatic rings. The maximum absolute atomic E-state index is 6.00. The molecule has 5 nitrogen and oxygen atoms in total. The van der Waals surface area contributed by atoms with Crippen molar-refractivity contribution >= 4 is 11.2 Å². The predicted octanol–water partition coefficient (Wildman–Crippen LogP) is 3.16. The molecule has 4 heterocycles. The third-order valence-electron chi connectivity index (χ3n) is 5.09. The molecule has 2 aliphatic rings. The van der Waals surface area contributed by atoms with Crippen LogP contribution in [0.5, 0.6) is 0 Å². The largest absolute Gasteiger partial charge is 0.370 e. The zero-order valence-corrected chi connectivity index (χ0v) is 13.8. The van der Waals surface area contributed by atoms with Crippen molar-refractivity contribution in [3.05, 3.63) is 24.2 Å². The normalized spacial score (nSPS) is 23.4. The van der Waals surface area contributed by atoms with Gasteiger partial charge in [-0.25, -0.2) is 9.97 Å². The van der Waals surface area contributed by atoms with Crippen molar-refractivity contribution < 1.29 is 4.74 Å². The fraction of sp³-hybridized carbons (Fsp3) is 0.667. The maximum Gasteiger partial charge on any atom is 0.160 e. The molecule has 124 valence electrons. The van der Waals surface area contributed by atoms with Gasteiger partial charge in [0.05, 0.1) is 0 Å². The van der Waals surface area contributed by atoms with Crippen molar-refractivity contribution in [2.45, 2.75) is 51.2 Å². The van der Waals surface area contributed by atoms with Gasteiger partial charge in [-0.1, -0.05) is 6.42 Å². The molecule has 23 heavy (non-hydrogen) atoms. The molecule has 2 aliphatic heterocycles. The third-order valence-corrected chi connectivity index (χ3v) is 5.09. The topological polar surface area (TPSA) is 43.2 Å². The molecule has 2 aromatic heterocycles. The molecule has 2 saturated heterocycles. The van der Waals surface area contributed by atoms with Gasteiger partial charge < -0.3 is 14.2 Å². The minimum atomic E-state index is 0.138. The molecule has 0 N–H and O–H groups in total. The van der Waals surface area contributed by atoms with Crippen LogP contribution in [0.25, 0.3) is 11.2 Å². The maximum atomic E-state index is 6.00. The number of likely N-dealkylation sites (tertiary alicyclic amines) is 1. The van der Waals surface area contributed by atoms with Gasteiger partial charge in [0.1, 0.15) is 17.4 Å². The van der Waals surface area contributed by atoms with E-state index in [1.54, 1.807) is 0 Å². The highest BCUT2D eigenvalue weighted by Gasteiger charge is 2.24. The number of ether oxygens (including phenoxy) is 1. The molecule has 0 radical (unpaired) electrons. The summed E-state index contributed by atoms with van der Waals surface area (Å²) >= 11 is 0. The fourth-order valence-electron chi connectivity index (χ4n) is 3.81. The van der Waals surface area contributed by atoms with E-state index in [0.29, 0.717) is 0 Å². The van der Waals surface area contributed by atoms with Gasteiger partial charge >= 0.3 is 0 Å². The molecular weight excluding hydrogens is 288 g/mol. The number of fused-ring (bicyclic) bond motifs is 1. The van der Waals surface area contributed by atoms with Crippen molar-refractivity contribution in [1.82, 2.24) is 19.4 Å². The molecular formula is C18H26N4O. The summed E-state index contributed by atoms with van der Waals surface area (Å²) in [7, 11) is 0. The van der Waals surface area contributed by atoms with Gasteiger partial charge in [0.25, 0.3) is 0 Å². The van der Waals surface area contributed by atoms with Crippen LogP contribution in [0.2, 0.25) is 0 Å². The van der Waals surface area contributed by atoms with Crippen molar-refractivity contribution in [1.29, 1.82) is 0 Å². The first-order valence-electron chi connectivity index (χ1n) is 9.07. The SMILES string of the molecule is c1cnc2c(c1)nc(C1CCCCO1)n2CCN1CCCCC1. The van der Waals surface area contributed by atoms with E-state index < -0.39 is 0 Å². The van der Waals surface area contributed by atoms with E-state index in [2.05, 4.69) is 20.5 Å². The zero-order valence-electron chi connectivity index (χ0n) is 13.8. The van der Waals surface area contributed by atoms with Crippen LogP contribution in [0.1, 0.15) is 50.5 Å². The predicted molar refractivity (Wildman–Crippen MR) is 90.4 cm³/mol. The highest BCUT2D eigenvalue weighted by atomic mass is 16.5. The summed E-state index contributed by atoms with van der Waals surface area (Å²) in [5.41, 5.74) is 2.00. The summed E-state index contributed by atoms with van der Waals surface area (Å²) in [6.45, 7) is 5.36. The number of hydrogen-bond donors (Lipinski definition) is 0. The summed E-state index contributed by atoms with van der Waals surface area (Å²) in [6, 6.07) is 4.03. The lowest BCUT2D eigenvalue weighted by Crippen LogP contribution is -2.33. The first-order valence-corrected chi connectivity index (χ1v) is 9.07. The number of rotatable bonds is 4. The molecule has 1 atom stereocenters. The van der Waals surface area contributed by atoms with Crippen LogP contribution in [-0.4, -0.2) is 45.7 Å². The monoisotopic (exact) mass is 314 g/mol. The Balaban J connectivity index is 1.59. The van der Waals surface area contributed by atoms with Crippen molar-refractivity contribution in [2.24, 2.45) is 0 Å². The number of imidazole rings is 1. The Morgan fingerprint density at radius 2 is 2.00 bits per heavy atom. The average molecular weight is 314 g/mol. The molecule has 0 aromatic carbocycles. The Morgan fingerprint density at radius 1 is 1.09 bits per heavy atom. The lowest BCUT2D eigenvalue weighted by molar-refractivity contribution is 0.00734. The Bertz CT molecular complexity index is 642. The summed E-state index contributed by atoms with van der Waals surface area (Å²) in [4.78, 5) is 12.0. The molecule has 1 unspecified atom stereocenters. The van der Waals surface area contributed by atoms with Gasteiger partial charge in [-0.2, -0.15) is 0 Å². The highest BCUT2D eigenvalue weighted by Crippen LogP contribution is 2.29. The number of piperidine rings is 1. The van der Waals surface area contributed by atoms with E-state index in [9.17, 15) is 0 Å². The van der Waals surface area contributed by atoms with Crippen LogP contribution in [0.4, 0.5) is 0 Å². The second-order valence-electron chi connectivity index (χ2n) is 6.73. The van der Waals surface area contributed by atoms with Crippen LogP contribution in [-0.2, 0) is 11.3 Å². The first-order chi connectivity index (χ1) is 11.4. The van der Waals surface area contributed by atoms with Crippen LogP contribution in [0, 0.1) is 0 Å². The van der Waals surface area contributed by atoms with Crippen molar-refractivity contribution in [3.63, 3.8) is 0 Å². The van der Waals surface area contributed by atoms with Crippen LogP contribution >= 0.6 is 0 Å². The molecule has 5 heteroatoms. The van der Waals surface area contributed by atoms with E-state index >= 15 is 0 Å². The van der Waals surface area contributed by atoms with Gasteiger partial charge in [0.15, 0.2) is 5.65 Å². The quantitative estimate of drug-likeness (QED) is 0.869. The molecule has 0 aliphatic carbocycles. The van der Waals surface area contributed by atoms with E-state index in [0.717, 1.165) is 43.1 Å². The minimum absolute atomic E-state index is 0.138. The Kier molecular flexibility index (Phi) is 4.57. The minimum Gasteiger partial charge on any atom is -0.370 e. The van der Waals surface area contributed by atoms with Crippen molar-refractivity contribution in [3.8, 4) is 0 Å². The van der Waals surface area contributed by atoms with E-state index in [1.165, 1.54) is 45.2 Å². The number of aromatic nitrogens is 3. The Morgan fingerprint density at radius 3 is 2.83 bits per heavy atom. The fourth-order valence-corrected chi connectivity index (χ4v) is 3.81. The molecule has 4 rings (SSSR count). The lowest BCUT2D eigenvalue weighted by atomic mass is 10.1. The van der Waals surface area contributed by atoms with E-state index in [4.69, 9.17) is 9.72 Å². The second kappa shape index (κ2) is 6.97. The number of nitrogens with zero attached hydrogens (tertiary/aromatic N) is 4. The number of pyridine rings is 1. The molecule has 0 spiro atoms. The Labute approximate surface area is 137 Å². The van der Waals surface area contributed by atoms with E-state index in [-0.39, 0.29) is 6.10 Å². The molecule has 0 saturated carbocycles. The summed E-state index contributed by atoms with van der Waals surface area (Å²) < 4.78 is 8.31. The van der Waals surface area contributed by atoms with Crippen LogP contribution in [0.3, 0.4) is 0 Å². The lowest BCUT2D eigenvalue weighted by Gasteiger charge is -2.27. The Hall–Kier alpha value is -1.46. The van der Waals surface area contributed by atoms with Crippen molar-refractivity contribution in [2.75, 3.05) is 26.2 Å². The summed E-state index contributed by atoms with van der Waals surface area (Å²) in [5, 5.41) is 0. The van der Waals surface area contributed by atoms with Gasteiger partial charge in [-0.15, -0.1) is 0 Å². The van der Waals surface area contributed by atoms with Crippen LogP contribution in [0.15, 0.2) is 18.3 Å². The molecule has 2 fully saturated rings.